The van der Waals surface area contributed by atoms with Crippen LogP contribution in [-0.2, 0) is 16.0 Å². The number of thioether (sulfide) groups is 1. The highest BCUT2D eigenvalue weighted by molar-refractivity contribution is 8.00. The quantitative estimate of drug-likeness (QED) is 0.121. The predicted molar refractivity (Wildman–Crippen MR) is 178 cm³/mol. The first-order chi connectivity index (χ1) is 20.6. The number of carbonyl (C=O) groups excluding carboxylic acids is 3. The Labute approximate surface area is 265 Å². The van der Waals surface area contributed by atoms with Gasteiger partial charge in [-0.25, -0.2) is 0 Å². The molecule has 0 saturated carbocycles. The Balaban J connectivity index is 1.46. The molecule has 0 spiro atoms. The molecule has 0 aliphatic carbocycles. The maximum absolute atomic E-state index is 13.3. The Morgan fingerprint density at radius 1 is 0.884 bits per heavy atom. The molecule has 9 heteroatoms. The Kier molecular flexibility index (Phi) is 11.1. The van der Waals surface area contributed by atoms with Crippen LogP contribution >= 0.6 is 35.0 Å². The number of carbonyl (C=O) groups is 3. The first kappa shape index (κ1) is 31.9. The van der Waals surface area contributed by atoms with Crippen LogP contribution in [0.2, 0.25) is 10.0 Å². The highest BCUT2D eigenvalue weighted by Gasteiger charge is 2.18. The van der Waals surface area contributed by atoms with Crippen molar-refractivity contribution < 1.29 is 14.4 Å². The molecule has 0 aromatic heterocycles. The van der Waals surface area contributed by atoms with Crippen LogP contribution < -0.4 is 16.0 Å². The van der Waals surface area contributed by atoms with E-state index in [-0.39, 0.29) is 16.9 Å². The predicted octanol–water partition coefficient (Wildman–Crippen LogP) is 8.39. The number of amides is 3. The number of hydrogen-bond acceptors (Lipinski definition) is 4. The summed E-state index contributed by atoms with van der Waals surface area (Å²) in [7, 11) is 0. The highest BCUT2D eigenvalue weighted by Crippen LogP contribution is 2.28. The van der Waals surface area contributed by atoms with Crippen molar-refractivity contribution in [3.63, 3.8) is 0 Å². The molecular formula is C34H31Cl2N3O3S. The molecule has 1 unspecified atom stereocenters. The summed E-state index contributed by atoms with van der Waals surface area (Å²) in [5, 5.41) is 9.03. The number of nitrogens with one attached hydrogen (secondary N) is 3. The monoisotopic (exact) mass is 631 g/mol. The standard InChI is InChI=1S/C34H31Cl2N3O3S/c1-4-23-12-8-9-21(2)31(23)39-32(40)22(3)43-28-17-15-27(16-18-28)37-34(42)30(19-25-13-14-26(35)20-29(25)36)38-33(41)24-10-6-5-7-11-24/h5-20,22H,4H2,1-3H3,(H,37,42)(H,38,41)(H,39,40)/b30-19-. The number of rotatable bonds is 10. The molecule has 4 aromatic rings. The van der Waals surface area contributed by atoms with Gasteiger partial charge in [-0.2, -0.15) is 0 Å². The van der Waals surface area contributed by atoms with E-state index < -0.39 is 11.8 Å². The zero-order valence-corrected chi connectivity index (χ0v) is 26.2. The minimum atomic E-state index is -0.534. The molecule has 3 amide bonds. The van der Waals surface area contributed by atoms with E-state index in [9.17, 15) is 14.4 Å². The molecule has 1 atom stereocenters. The van der Waals surface area contributed by atoms with Crippen LogP contribution in [0.25, 0.3) is 6.08 Å². The minimum Gasteiger partial charge on any atom is -0.325 e. The number of aryl methyl sites for hydroxylation is 2. The Bertz CT molecular complexity index is 1660. The third kappa shape index (κ3) is 8.74. The van der Waals surface area contributed by atoms with Crippen LogP contribution in [0.5, 0.6) is 0 Å². The fourth-order valence-corrected chi connectivity index (χ4v) is 5.55. The van der Waals surface area contributed by atoms with Crippen molar-refractivity contribution in [2.75, 3.05) is 10.6 Å². The van der Waals surface area contributed by atoms with E-state index in [4.69, 9.17) is 23.2 Å². The summed E-state index contributed by atoms with van der Waals surface area (Å²) < 4.78 is 0. The van der Waals surface area contributed by atoms with Gasteiger partial charge in [0.25, 0.3) is 11.8 Å². The highest BCUT2D eigenvalue weighted by atomic mass is 35.5. The van der Waals surface area contributed by atoms with Gasteiger partial charge in [-0.3, -0.25) is 14.4 Å². The molecule has 0 aliphatic heterocycles. The van der Waals surface area contributed by atoms with Crippen molar-refractivity contribution >= 4 is 70.1 Å². The molecule has 0 saturated heterocycles. The van der Waals surface area contributed by atoms with Crippen LogP contribution in [0.4, 0.5) is 11.4 Å². The van der Waals surface area contributed by atoms with Crippen LogP contribution in [0.15, 0.2) is 102 Å². The average molecular weight is 633 g/mol. The average Bonchev–Trinajstić information content (AvgIpc) is 3.00. The van der Waals surface area contributed by atoms with Gasteiger partial charge in [0.1, 0.15) is 5.70 Å². The summed E-state index contributed by atoms with van der Waals surface area (Å²) >= 11 is 13.8. The van der Waals surface area contributed by atoms with Gasteiger partial charge in [0.2, 0.25) is 5.91 Å². The van der Waals surface area contributed by atoms with Gasteiger partial charge < -0.3 is 16.0 Å². The summed E-state index contributed by atoms with van der Waals surface area (Å²) in [6.45, 7) is 5.90. The van der Waals surface area contributed by atoms with Gasteiger partial charge in [-0.15, -0.1) is 11.8 Å². The topological polar surface area (TPSA) is 87.3 Å². The maximum atomic E-state index is 13.3. The van der Waals surface area contributed by atoms with Gasteiger partial charge in [-0.05, 0) is 91.6 Å². The third-order valence-corrected chi connectivity index (χ3v) is 8.25. The van der Waals surface area contributed by atoms with E-state index in [2.05, 4.69) is 22.9 Å². The lowest BCUT2D eigenvalue weighted by molar-refractivity contribution is -0.115. The lowest BCUT2D eigenvalue weighted by atomic mass is 10.1. The summed E-state index contributed by atoms with van der Waals surface area (Å²) in [5.41, 5.74) is 4.42. The fourth-order valence-electron chi connectivity index (χ4n) is 4.22. The normalized spacial score (nSPS) is 11.9. The van der Waals surface area contributed by atoms with Crippen molar-refractivity contribution in [1.82, 2.24) is 5.32 Å². The molecule has 0 heterocycles. The van der Waals surface area contributed by atoms with Gasteiger partial charge in [-0.1, -0.05) is 72.6 Å². The second kappa shape index (κ2) is 14.9. The van der Waals surface area contributed by atoms with E-state index >= 15 is 0 Å². The van der Waals surface area contributed by atoms with E-state index in [0.29, 0.717) is 26.9 Å². The van der Waals surface area contributed by atoms with E-state index in [1.807, 2.05) is 44.2 Å². The Morgan fingerprint density at radius 2 is 1.60 bits per heavy atom. The molecule has 220 valence electrons. The first-order valence-electron chi connectivity index (χ1n) is 13.6. The number of benzene rings is 4. The molecule has 4 rings (SSSR count). The summed E-state index contributed by atoms with van der Waals surface area (Å²) in [4.78, 5) is 40.1. The second-order valence-electron chi connectivity index (χ2n) is 9.73. The maximum Gasteiger partial charge on any atom is 0.272 e. The molecule has 43 heavy (non-hydrogen) atoms. The van der Waals surface area contributed by atoms with Gasteiger partial charge in [0.05, 0.1) is 5.25 Å². The number of anilines is 2. The molecule has 0 aliphatic rings. The lowest BCUT2D eigenvalue weighted by Crippen LogP contribution is -2.30. The lowest BCUT2D eigenvalue weighted by Gasteiger charge is -2.16. The van der Waals surface area contributed by atoms with Gasteiger partial charge >= 0.3 is 0 Å². The van der Waals surface area contributed by atoms with E-state index in [1.54, 1.807) is 60.7 Å². The minimum absolute atomic E-state index is 0.00414. The van der Waals surface area contributed by atoms with E-state index in [1.165, 1.54) is 17.8 Å². The Hall–Kier alpha value is -4.04. The van der Waals surface area contributed by atoms with Crippen molar-refractivity contribution in [3.05, 3.63) is 129 Å². The molecule has 3 N–H and O–H groups in total. The molecule has 0 fully saturated rings. The van der Waals surface area contributed by atoms with Crippen LogP contribution in [0, 0.1) is 6.92 Å². The zero-order valence-electron chi connectivity index (χ0n) is 23.9. The molecule has 6 nitrogen and oxygen atoms in total. The largest absolute Gasteiger partial charge is 0.325 e. The molecule has 0 bridgehead atoms. The van der Waals surface area contributed by atoms with Crippen molar-refractivity contribution in [2.24, 2.45) is 0 Å². The number of halogens is 2. The van der Waals surface area contributed by atoms with Gasteiger partial charge in [0.15, 0.2) is 0 Å². The third-order valence-electron chi connectivity index (χ3n) is 6.57. The van der Waals surface area contributed by atoms with Crippen molar-refractivity contribution in [3.8, 4) is 0 Å². The fraction of sp³-hybridized carbons (Fsp3) is 0.147. The van der Waals surface area contributed by atoms with E-state index in [0.717, 1.165) is 28.1 Å². The second-order valence-corrected chi connectivity index (χ2v) is 12.0. The summed E-state index contributed by atoms with van der Waals surface area (Å²) in [6, 6.07) is 26.6. The first-order valence-corrected chi connectivity index (χ1v) is 15.3. The smallest absolute Gasteiger partial charge is 0.272 e. The molecule has 4 aromatic carbocycles. The Morgan fingerprint density at radius 3 is 2.28 bits per heavy atom. The van der Waals surface area contributed by atoms with Crippen LogP contribution in [0.3, 0.4) is 0 Å². The van der Waals surface area contributed by atoms with Crippen LogP contribution in [0.1, 0.15) is 40.9 Å². The summed E-state index contributed by atoms with van der Waals surface area (Å²) in [6.07, 6.45) is 2.32. The van der Waals surface area contributed by atoms with Gasteiger partial charge in [0, 0.05) is 31.9 Å². The van der Waals surface area contributed by atoms with Crippen molar-refractivity contribution in [1.29, 1.82) is 0 Å². The molecular weight excluding hydrogens is 601 g/mol. The number of para-hydroxylation sites is 1. The van der Waals surface area contributed by atoms with Crippen molar-refractivity contribution in [2.45, 2.75) is 37.3 Å². The molecule has 0 radical (unpaired) electrons. The number of hydrogen-bond donors (Lipinski definition) is 3. The summed E-state index contributed by atoms with van der Waals surface area (Å²) in [5.74, 6) is -1.06. The zero-order chi connectivity index (χ0) is 30.9. The SMILES string of the molecule is CCc1cccc(C)c1NC(=O)C(C)Sc1ccc(NC(=O)/C(=C/c2ccc(Cl)cc2Cl)NC(=O)c2ccccc2)cc1. The van der Waals surface area contributed by atoms with Crippen LogP contribution in [-0.4, -0.2) is 23.0 Å².